The molecular formula is C14H11FN2. The zero-order valence-electron chi connectivity index (χ0n) is 9.10. The molecule has 17 heavy (non-hydrogen) atoms. The van der Waals surface area contributed by atoms with Gasteiger partial charge < -0.3 is 5.73 Å². The molecule has 0 saturated heterocycles. The van der Waals surface area contributed by atoms with Gasteiger partial charge >= 0.3 is 0 Å². The Labute approximate surface area is 99.1 Å². The van der Waals surface area contributed by atoms with Crippen molar-refractivity contribution in [1.82, 2.24) is 0 Å². The van der Waals surface area contributed by atoms with E-state index in [2.05, 4.69) is 6.07 Å². The summed E-state index contributed by atoms with van der Waals surface area (Å²) >= 11 is 0. The Bertz CT molecular complexity index is 555. The van der Waals surface area contributed by atoms with Crippen LogP contribution in [0.2, 0.25) is 0 Å². The second-order valence-electron chi connectivity index (χ2n) is 3.78. The number of anilines is 1. The standard InChI is InChI=1S/C14H11FN2/c15-12-3-1-2-11(8-12)14(9-16)10-4-6-13(17)7-5-10/h1-8,14H,17H2. The van der Waals surface area contributed by atoms with Crippen molar-refractivity contribution in [1.29, 1.82) is 5.26 Å². The van der Waals surface area contributed by atoms with E-state index in [1.54, 1.807) is 36.4 Å². The lowest BCUT2D eigenvalue weighted by atomic mass is 9.92. The quantitative estimate of drug-likeness (QED) is 0.800. The topological polar surface area (TPSA) is 49.8 Å². The summed E-state index contributed by atoms with van der Waals surface area (Å²) in [6.07, 6.45) is 0. The maximum absolute atomic E-state index is 13.1. The molecule has 0 bridgehead atoms. The molecular weight excluding hydrogens is 215 g/mol. The van der Waals surface area contributed by atoms with Crippen LogP contribution < -0.4 is 5.73 Å². The van der Waals surface area contributed by atoms with Gasteiger partial charge in [-0.3, -0.25) is 0 Å². The Hall–Kier alpha value is -2.34. The fraction of sp³-hybridized carbons (Fsp3) is 0.0714. The van der Waals surface area contributed by atoms with Gasteiger partial charge in [-0.05, 0) is 35.4 Å². The number of halogens is 1. The first-order valence-electron chi connectivity index (χ1n) is 5.21. The lowest BCUT2D eigenvalue weighted by Gasteiger charge is -2.10. The summed E-state index contributed by atoms with van der Waals surface area (Å²) in [7, 11) is 0. The van der Waals surface area contributed by atoms with Gasteiger partial charge in [0.05, 0.1) is 12.0 Å². The summed E-state index contributed by atoms with van der Waals surface area (Å²) < 4.78 is 13.1. The second kappa shape index (κ2) is 4.67. The maximum atomic E-state index is 13.1. The molecule has 0 spiro atoms. The highest BCUT2D eigenvalue weighted by atomic mass is 19.1. The minimum Gasteiger partial charge on any atom is -0.399 e. The second-order valence-corrected chi connectivity index (χ2v) is 3.78. The average molecular weight is 226 g/mol. The normalized spacial score (nSPS) is 11.8. The monoisotopic (exact) mass is 226 g/mol. The summed E-state index contributed by atoms with van der Waals surface area (Å²) in [5.74, 6) is -0.801. The van der Waals surface area contributed by atoms with E-state index in [-0.39, 0.29) is 5.82 Å². The zero-order chi connectivity index (χ0) is 12.3. The van der Waals surface area contributed by atoms with Gasteiger partial charge in [-0.2, -0.15) is 5.26 Å². The number of benzene rings is 2. The average Bonchev–Trinajstić information content (AvgIpc) is 2.33. The number of nitrogen functional groups attached to an aromatic ring is 1. The molecule has 0 aliphatic carbocycles. The van der Waals surface area contributed by atoms with Crippen LogP contribution >= 0.6 is 0 Å². The SMILES string of the molecule is N#CC(c1ccc(N)cc1)c1cccc(F)c1. The van der Waals surface area contributed by atoms with E-state index in [1.165, 1.54) is 12.1 Å². The molecule has 2 aromatic rings. The van der Waals surface area contributed by atoms with E-state index in [0.717, 1.165) is 5.56 Å². The number of nitriles is 1. The number of nitrogens with zero attached hydrogens (tertiary/aromatic N) is 1. The third-order valence-electron chi connectivity index (χ3n) is 2.58. The molecule has 3 heteroatoms. The van der Waals surface area contributed by atoms with Gasteiger partial charge in [0, 0.05) is 5.69 Å². The molecule has 0 aliphatic heterocycles. The fourth-order valence-electron chi connectivity index (χ4n) is 1.72. The molecule has 0 saturated carbocycles. The molecule has 0 heterocycles. The first-order valence-corrected chi connectivity index (χ1v) is 5.21. The highest BCUT2D eigenvalue weighted by Crippen LogP contribution is 2.25. The van der Waals surface area contributed by atoms with Crippen molar-refractivity contribution in [2.24, 2.45) is 0 Å². The molecule has 0 radical (unpaired) electrons. The van der Waals surface area contributed by atoms with E-state index >= 15 is 0 Å². The molecule has 2 N–H and O–H groups in total. The predicted octanol–water partition coefficient (Wildman–Crippen LogP) is 3.06. The third-order valence-corrected chi connectivity index (χ3v) is 2.58. The van der Waals surface area contributed by atoms with Crippen molar-refractivity contribution in [3.05, 3.63) is 65.5 Å². The molecule has 0 amide bonds. The van der Waals surface area contributed by atoms with E-state index in [1.807, 2.05) is 0 Å². The van der Waals surface area contributed by atoms with Gasteiger partial charge in [-0.25, -0.2) is 4.39 Å². The van der Waals surface area contributed by atoms with Crippen molar-refractivity contribution >= 4 is 5.69 Å². The molecule has 0 fully saturated rings. The van der Waals surface area contributed by atoms with Crippen LogP contribution in [0.3, 0.4) is 0 Å². The summed E-state index contributed by atoms with van der Waals surface area (Å²) in [4.78, 5) is 0. The summed E-state index contributed by atoms with van der Waals surface area (Å²) in [6, 6.07) is 15.3. The summed E-state index contributed by atoms with van der Waals surface area (Å²) in [5.41, 5.74) is 7.69. The van der Waals surface area contributed by atoms with E-state index in [9.17, 15) is 9.65 Å². The maximum Gasteiger partial charge on any atom is 0.123 e. The van der Waals surface area contributed by atoms with E-state index in [0.29, 0.717) is 11.3 Å². The molecule has 0 aliphatic rings. The molecule has 1 atom stereocenters. The number of hydrogen-bond acceptors (Lipinski definition) is 2. The fourth-order valence-corrected chi connectivity index (χ4v) is 1.72. The van der Waals surface area contributed by atoms with Crippen LogP contribution in [0, 0.1) is 17.1 Å². The molecule has 84 valence electrons. The van der Waals surface area contributed by atoms with Gasteiger partial charge in [-0.1, -0.05) is 24.3 Å². The summed E-state index contributed by atoms with van der Waals surface area (Å²) in [6.45, 7) is 0. The first kappa shape index (κ1) is 11.2. The van der Waals surface area contributed by atoms with Crippen LogP contribution in [0.15, 0.2) is 48.5 Å². The van der Waals surface area contributed by atoms with Crippen LogP contribution in [0.1, 0.15) is 17.0 Å². The van der Waals surface area contributed by atoms with E-state index < -0.39 is 5.92 Å². The number of rotatable bonds is 2. The summed E-state index contributed by atoms with van der Waals surface area (Å²) in [5, 5.41) is 9.19. The molecule has 2 rings (SSSR count). The molecule has 2 nitrogen and oxygen atoms in total. The molecule has 2 aromatic carbocycles. The highest BCUT2D eigenvalue weighted by molar-refractivity contribution is 5.45. The Kier molecular flexibility index (Phi) is 3.06. The molecule has 1 unspecified atom stereocenters. The van der Waals surface area contributed by atoms with Crippen LogP contribution in [0.4, 0.5) is 10.1 Å². The van der Waals surface area contributed by atoms with Crippen LogP contribution in [0.25, 0.3) is 0 Å². The van der Waals surface area contributed by atoms with Crippen molar-refractivity contribution in [3.63, 3.8) is 0 Å². The molecule has 0 aromatic heterocycles. The van der Waals surface area contributed by atoms with Gasteiger partial charge in [0.1, 0.15) is 5.82 Å². The largest absolute Gasteiger partial charge is 0.399 e. The van der Waals surface area contributed by atoms with Crippen molar-refractivity contribution < 1.29 is 4.39 Å². The Morgan fingerprint density at radius 2 is 1.76 bits per heavy atom. The Balaban J connectivity index is 2.41. The minimum atomic E-state index is -0.466. The van der Waals surface area contributed by atoms with Crippen LogP contribution in [-0.2, 0) is 0 Å². The lowest BCUT2D eigenvalue weighted by molar-refractivity contribution is 0.625. The van der Waals surface area contributed by atoms with Crippen molar-refractivity contribution in [3.8, 4) is 6.07 Å². The number of hydrogen-bond donors (Lipinski definition) is 1. The van der Waals surface area contributed by atoms with Gasteiger partial charge in [0.2, 0.25) is 0 Å². The lowest BCUT2D eigenvalue weighted by Crippen LogP contribution is -1.99. The van der Waals surface area contributed by atoms with Gasteiger partial charge in [-0.15, -0.1) is 0 Å². The first-order chi connectivity index (χ1) is 8.20. The van der Waals surface area contributed by atoms with Gasteiger partial charge in [0.25, 0.3) is 0 Å². The number of nitrogens with two attached hydrogens (primary N) is 1. The van der Waals surface area contributed by atoms with Crippen LogP contribution in [-0.4, -0.2) is 0 Å². The van der Waals surface area contributed by atoms with Crippen molar-refractivity contribution in [2.75, 3.05) is 5.73 Å². The van der Waals surface area contributed by atoms with Gasteiger partial charge in [0.15, 0.2) is 0 Å². The Morgan fingerprint density at radius 1 is 1.06 bits per heavy atom. The predicted molar refractivity (Wildman–Crippen MR) is 64.7 cm³/mol. The van der Waals surface area contributed by atoms with E-state index in [4.69, 9.17) is 5.73 Å². The zero-order valence-corrected chi connectivity index (χ0v) is 9.10. The minimum absolute atomic E-state index is 0.335. The third kappa shape index (κ3) is 2.43. The van der Waals surface area contributed by atoms with Crippen LogP contribution in [0.5, 0.6) is 0 Å². The smallest absolute Gasteiger partial charge is 0.123 e. The van der Waals surface area contributed by atoms with Crippen molar-refractivity contribution in [2.45, 2.75) is 5.92 Å². The highest BCUT2D eigenvalue weighted by Gasteiger charge is 2.13. The Morgan fingerprint density at radius 3 is 2.35 bits per heavy atom.